The van der Waals surface area contributed by atoms with Crippen molar-refractivity contribution in [3.63, 3.8) is 0 Å². The maximum absolute atomic E-state index is 13.7. The van der Waals surface area contributed by atoms with Gasteiger partial charge in [0.05, 0.1) is 12.2 Å². The van der Waals surface area contributed by atoms with Gasteiger partial charge in [0.15, 0.2) is 0 Å². The molecule has 18 heavy (non-hydrogen) atoms. The van der Waals surface area contributed by atoms with Crippen molar-refractivity contribution in [3.8, 4) is 0 Å². The first-order valence-electron chi connectivity index (χ1n) is 5.39. The molecule has 0 bridgehead atoms. The fourth-order valence-electron chi connectivity index (χ4n) is 1.45. The first kappa shape index (κ1) is 15.4. The van der Waals surface area contributed by atoms with Gasteiger partial charge < -0.3 is 9.64 Å². The normalized spacial score (nSPS) is 10.4. The van der Waals surface area contributed by atoms with Crippen LogP contribution in [0.3, 0.4) is 0 Å². The van der Waals surface area contributed by atoms with E-state index in [0.29, 0.717) is 30.0 Å². The molecule has 0 aromatic heterocycles. The van der Waals surface area contributed by atoms with Crippen molar-refractivity contribution < 1.29 is 13.9 Å². The second-order valence-electron chi connectivity index (χ2n) is 3.60. The first-order valence-corrected chi connectivity index (χ1v) is 6.72. The number of hydrogen-bond donors (Lipinski definition) is 0. The summed E-state index contributed by atoms with van der Waals surface area (Å²) in [6, 6.07) is 4.35. The molecule has 0 atom stereocenters. The molecule has 1 rings (SSSR count). The van der Waals surface area contributed by atoms with Gasteiger partial charge in [-0.05, 0) is 18.2 Å². The minimum Gasteiger partial charge on any atom is -0.383 e. The van der Waals surface area contributed by atoms with E-state index in [1.165, 1.54) is 17.0 Å². The first-order chi connectivity index (χ1) is 8.60. The maximum Gasteiger partial charge on any atom is 0.256 e. The van der Waals surface area contributed by atoms with E-state index < -0.39 is 5.82 Å². The zero-order valence-corrected chi connectivity index (χ0v) is 12.3. The molecule has 0 N–H and O–H groups in total. The van der Waals surface area contributed by atoms with Crippen molar-refractivity contribution in [2.45, 2.75) is 0 Å². The minimum atomic E-state index is -0.550. The highest BCUT2D eigenvalue weighted by atomic mass is 79.9. The Labute approximate surface area is 119 Å². The molecule has 0 fully saturated rings. The van der Waals surface area contributed by atoms with Crippen LogP contribution in [0.15, 0.2) is 22.7 Å². The number of rotatable bonds is 6. The van der Waals surface area contributed by atoms with E-state index in [1.807, 2.05) is 0 Å². The SMILES string of the molecule is COCCN(CCCl)C(=O)c1ccc(Br)cc1F. The van der Waals surface area contributed by atoms with Crippen LogP contribution in [0.5, 0.6) is 0 Å². The lowest BCUT2D eigenvalue weighted by molar-refractivity contribution is 0.0703. The van der Waals surface area contributed by atoms with Crippen molar-refractivity contribution in [1.29, 1.82) is 0 Å². The topological polar surface area (TPSA) is 29.5 Å². The quantitative estimate of drug-likeness (QED) is 0.747. The summed E-state index contributed by atoms with van der Waals surface area (Å²) >= 11 is 8.78. The summed E-state index contributed by atoms with van der Waals surface area (Å²) in [7, 11) is 1.55. The van der Waals surface area contributed by atoms with Crippen molar-refractivity contribution in [2.24, 2.45) is 0 Å². The minimum absolute atomic E-state index is 0.0411. The van der Waals surface area contributed by atoms with Gasteiger partial charge in [-0.15, -0.1) is 11.6 Å². The molecule has 6 heteroatoms. The Morgan fingerprint density at radius 1 is 1.50 bits per heavy atom. The van der Waals surface area contributed by atoms with Gasteiger partial charge in [-0.3, -0.25) is 4.79 Å². The summed E-state index contributed by atoms with van der Waals surface area (Å²) in [4.78, 5) is 13.6. The predicted molar refractivity (Wildman–Crippen MR) is 72.6 cm³/mol. The van der Waals surface area contributed by atoms with E-state index in [0.717, 1.165) is 0 Å². The van der Waals surface area contributed by atoms with E-state index in [1.54, 1.807) is 13.2 Å². The summed E-state index contributed by atoms with van der Waals surface area (Å²) in [6.45, 7) is 1.14. The molecule has 0 saturated carbocycles. The van der Waals surface area contributed by atoms with Crippen LogP contribution in [0.25, 0.3) is 0 Å². The van der Waals surface area contributed by atoms with Crippen LogP contribution in [0, 0.1) is 5.82 Å². The number of benzene rings is 1. The lowest BCUT2D eigenvalue weighted by atomic mass is 10.2. The molecule has 0 unspecified atom stereocenters. The molecular weight excluding hydrogens is 324 g/mol. The Bertz CT molecular complexity index is 417. The van der Waals surface area contributed by atoms with Gasteiger partial charge >= 0.3 is 0 Å². The fourth-order valence-corrected chi connectivity index (χ4v) is 1.99. The van der Waals surface area contributed by atoms with Gasteiger partial charge in [0.1, 0.15) is 5.82 Å². The maximum atomic E-state index is 13.7. The second-order valence-corrected chi connectivity index (χ2v) is 4.89. The Balaban J connectivity index is 2.87. The van der Waals surface area contributed by atoms with E-state index in [4.69, 9.17) is 16.3 Å². The zero-order chi connectivity index (χ0) is 13.5. The second kappa shape index (κ2) is 7.71. The Morgan fingerprint density at radius 2 is 2.22 bits per heavy atom. The third kappa shape index (κ3) is 4.23. The van der Waals surface area contributed by atoms with Crippen LogP contribution < -0.4 is 0 Å². The highest BCUT2D eigenvalue weighted by Crippen LogP contribution is 2.17. The smallest absolute Gasteiger partial charge is 0.256 e. The monoisotopic (exact) mass is 337 g/mol. The van der Waals surface area contributed by atoms with Crippen molar-refractivity contribution >= 4 is 33.4 Å². The van der Waals surface area contributed by atoms with Crippen LogP contribution in [-0.4, -0.2) is 43.5 Å². The molecule has 0 saturated heterocycles. The summed E-state index contributed by atoms with van der Waals surface area (Å²) in [5, 5.41) is 0. The third-order valence-electron chi connectivity index (χ3n) is 2.37. The van der Waals surface area contributed by atoms with Crippen LogP contribution in [0.1, 0.15) is 10.4 Å². The molecule has 1 amide bonds. The van der Waals surface area contributed by atoms with E-state index >= 15 is 0 Å². The highest BCUT2D eigenvalue weighted by Gasteiger charge is 2.18. The largest absolute Gasteiger partial charge is 0.383 e. The number of nitrogens with zero attached hydrogens (tertiary/aromatic N) is 1. The molecule has 0 heterocycles. The lowest BCUT2D eigenvalue weighted by Crippen LogP contribution is -2.36. The average molecular weight is 339 g/mol. The number of alkyl halides is 1. The molecular formula is C12H14BrClFNO2. The van der Waals surface area contributed by atoms with Crippen LogP contribution >= 0.6 is 27.5 Å². The predicted octanol–water partition coefficient (Wildman–Crippen LogP) is 2.92. The van der Waals surface area contributed by atoms with Gasteiger partial charge in [-0.25, -0.2) is 4.39 Å². The molecule has 0 aliphatic carbocycles. The van der Waals surface area contributed by atoms with Crippen molar-refractivity contribution in [2.75, 3.05) is 32.7 Å². The number of amides is 1. The zero-order valence-electron chi connectivity index (χ0n) is 9.96. The summed E-state index contributed by atoms with van der Waals surface area (Å²) in [6.07, 6.45) is 0. The third-order valence-corrected chi connectivity index (χ3v) is 3.03. The fraction of sp³-hybridized carbons (Fsp3) is 0.417. The van der Waals surface area contributed by atoms with Gasteiger partial charge in [0.2, 0.25) is 0 Å². The molecule has 0 spiro atoms. The number of methoxy groups -OCH3 is 1. The van der Waals surface area contributed by atoms with E-state index in [-0.39, 0.29) is 11.5 Å². The molecule has 0 aliphatic heterocycles. The van der Waals surface area contributed by atoms with Crippen molar-refractivity contribution in [1.82, 2.24) is 4.90 Å². The van der Waals surface area contributed by atoms with E-state index in [9.17, 15) is 9.18 Å². The Morgan fingerprint density at radius 3 is 2.78 bits per heavy atom. The molecule has 3 nitrogen and oxygen atoms in total. The number of carbonyl (C=O) groups excluding carboxylic acids is 1. The Kier molecular flexibility index (Phi) is 6.60. The lowest BCUT2D eigenvalue weighted by Gasteiger charge is -2.21. The summed E-state index contributed by atoms with van der Waals surface area (Å²) in [5.41, 5.74) is 0.0411. The van der Waals surface area contributed by atoms with Crippen LogP contribution in [0.2, 0.25) is 0 Å². The van der Waals surface area contributed by atoms with Crippen molar-refractivity contribution in [3.05, 3.63) is 34.1 Å². The van der Waals surface area contributed by atoms with Crippen LogP contribution in [-0.2, 0) is 4.74 Å². The standard InChI is InChI=1S/C12H14BrClFNO2/c1-18-7-6-16(5-4-14)12(17)10-3-2-9(13)8-11(10)15/h2-3,8H,4-7H2,1H3. The number of carbonyl (C=O) groups is 1. The molecule has 1 aromatic carbocycles. The summed E-state index contributed by atoms with van der Waals surface area (Å²) in [5.74, 6) is -0.628. The Hall–Kier alpha value is -0.650. The number of hydrogen-bond acceptors (Lipinski definition) is 2. The van der Waals surface area contributed by atoms with Gasteiger partial charge in [-0.1, -0.05) is 15.9 Å². The number of halogens is 3. The van der Waals surface area contributed by atoms with Gasteiger partial charge in [0.25, 0.3) is 5.91 Å². The van der Waals surface area contributed by atoms with Gasteiger partial charge in [0, 0.05) is 30.6 Å². The highest BCUT2D eigenvalue weighted by molar-refractivity contribution is 9.10. The molecule has 100 valence electrons. The van der Waals surface area contributed by atoms with Gasteiger partial charge in [-0.2, -0.15) is 0 Å². The molecule has 0 aliphatic rings. The van der Waals surface area contributed by atoms with Crippen LogP contribution in [0.4, 0.5) is 4.39 Å². The molecule has 1 aromatic rings. The summed E-state index contributed by atoms with van der Waals surface area (Å²) < 4.78 is 19.2. The van der Waals surface area contributed by atoms with E-state index in [2.05, 4.69) is 15.9 Å². The number of ether oxygens (including phenoxy) is 1. The average Bonchev–Trinajstić information content (AvgIpc) is 2.33. The molecule has 0 radical (unpaired) electrons.